The fourth-order valence-corrected chi connectivity index (χ4v) is 12.6. The number of sulfone groups is 1. The van der Waals surface area contributed by atoms with Gasteiger partial charge in [0.25, 0.3) is 0 Å². The molecular weight excluding hydrogens is 549 g/mol. The molecule has 0 aliphatic heterocycles. The van der Waals surface area contributed by atoms with E-state index in [1.807, 2.05) is 18.2 Å². The van der Waals surface area contributed by atoms with E-state index in [-0.39, 0.29) is 27.7 Å². The Morgan fingerprint density at radius 3 is 2.23 bits per heavy atom. The van der Waals surface area contributed by atoms with Gasteiger partial charge in [0, 0.05) is 0 Å². The van der Waals surface area contributed by atoms with Crippen LogP contribution in [0, 0.1) is 29.1 Å². The molecule has 0 amide bonds. The molecule has 3 unspecified atom stereocenters. The lowest BCUT2D eigenvalue weighted by Gasteiger charge is -2.50. The third kappa shape index (κ3) is 8.33. The molecule has 0 saturated heterocycles. The van der Waals surface area contributed by atoms with Gasteiger partial charge in [0.15, 0.2) is 26.5 Å². The van der Waals surface area contributed by atoms with Gasteiger partial charge in [0.2, 0.25) is 0 Å². The first kappa shape index (κ1) is 34.0. The SMILES string of the molecule is CC(C)(CCCC(CS(=O)(=O)c1ccccc1)C1CCC2[C@@H](CC(C)(C)[Si](C)(C)O)CCC[C@]12C)O[Si](C)(C)C. The van der Waals surface area contributed by atoms with Crippen molar-refractivity contribution in [2.75, 3.05) is 5.75 Å². The van der Waals surface area contributed by atoms with Gasteiger partial charge in [-0.05, 0) is 131 Å². The van der Waals surface area contributed by atoms with Crippen molar-refractivity contribution in [3.63, 3.8) is 0 Å². The van der Waals surface area contributed by atoms with E-state index in [9.17, 15) is 13.2 Å². The third-order valence-corrected chi connectivity index (χ3v) is 17.4. The van der Waals surface area contributed by atoms with Crippen molar-refractivity contribution in [3.8, 4) is 0 Å². The first-order chi connectivity index (χ1) is 18.2. The molecule has 0 heterocycles. The number of rotatable bonds is 13. The van der Waals surface area contributed by atoms with Gasteiger partial charge in [0.1, 0.15) is 0 Å². The normalized spacial score (nSPS) is 27.4. The highest BCUT2D eigenvalue weighted by Gasteiger charge is 2.55. The summed E-state index contributed by atoms with van der Waals surface area (Å²) in [4.78, 5) is 11.5. The van der Waals surface area contributed by atoms with Gasteiger partial charge in [-0.15, -0.1) is 0 Å². The number of fused-ring (bicyclic) bond motifs is 1. The molecule has 0 radical (unpaired) electrons. The van der Waals surface area contributed by atoms with Crippen LogP contribution in [0.2, 0.25) is 37.8 Å². The monoisotopic (exact) mass is 608 g/mol. The number of hydrogen-bond donors (Lipinski definition) is 1. The summed E-state index contributed by atoms with van der Waals surface area (Å²) in [6.07, 6.45) is 9.95. The average molecular weight is 609 g/mol. The smallest absolute Gasteiger partial charge is 0.188 e. The minimum absolute atomic E-state index is 0.0218. The van der Waals surface area contributed by atoms with Gasteiger partial charge >= 0.3 is 0 Å². The fourth-order valence-electron chi connectivity index (χ4n) is 8.38. The average Bonchev–Trinajstić information content (AvgIpc) is 3.14. The quantitative estimate of drug-likeness (QED) is 0.227. The molecule has 2 aliphatic carbocycles. The maximum Gasteiger partial charge on any atom is 0.188 e. The summed E-state index contributed by atoms with van der Waals surface area (Å²) < 4.78 is 34.0. The van der Waals surface area contributed by atoms with E-state index in [4.69, 9.17) is 4.43 Å². The zero-order valence-electron chi connectivity index (χ0n) is 27.3. The van der Waals surface area contributed by atoms with Crippen LogP contribution in [0.1, 0.15) is 92.4 Å². The summed E-state index contributed by atoms with van der Waals surface area (Å²) in [6, 6.07) is 9.08. The Balaban J connectivity index is 1.86. The molecule has 230 valence electrons. The van der Waals surface area contributed by atoms with Crippen molar-refractivity contribution in [2.24, 2.45) is 29.1 Å². The van der Waals surface area contributed by atoms with Crippen molar-refractivity contribution < 1.29 is 17.6 Å². The molecule has 2 aliphatic rings. The fraction of sp³-hybridized carbons (Fsp3) is 0.818. The summed E-state index contributed by atoms with van der Waals surface area (Å²) in [5.41, 5.74) is -0.0146. The van der Waals surface area contributed by atoms with E-state index in [2.05, 4.69) is 67.4 Å². The molecule has 5 atom stereocenters. The van der Waals surface area contributed by atoms with E-state index in [1.165, 1.54) is 25.7 Å². The second-order valence-electron chi connectivity index (χ2n) is 16.3. The summed E-state index contributed by atoms with van der Waals surface area (Å²) >= 11 is 0. The number of benzene rings is 1. The lowest BCUT2D eigenvalue weighted by molar-refractivity contribution is 0.0201. The number of hydrogen-bond acceptors (Lipinski definition) is 4. The molecule has 2 fully saturated rings. The standard InChI is InChI=1S/C33H60O4SSi2/c1-31(2,37-39(6,7)8)22-14-17-27(25-38(34,35)28-18-12-11-13-19-28)30-21-20-29-26(16-15-23-33(29,30)5)24-32(3,4)40(9,10)36/h11-13,18-19,26-27,29-30,36H,14-17,20-25H2,1-10H3/t26-,27?,29?,30?,33+/m1/s1. The van der Waals surface area contributed by atoms with Crippen LogP contribution in [0.15, 0.2) is 35.2 Å². The Morgan fingerprint density at radius 1 is 1.02 bits per heavy atom. The zero-order chi connectivity index (χ0) is 30.2. The lowest BCUT2D eigenvalue weighted by Crippen LogP contribution is -2.45. The predicted molar refractivity (Wildman–Crippen MR) is 174 cm³/mol. The second-order valence-corrected chi connectivity index (χ2v) is 27.3. The van der Waals surface area contributed by atoms with Gasteiger partial charge in [0.05, 0.1) is 16.2 Å². The first-order valence-corrected chi connectivity index (χ1v) is 23.9. The van der Waals surface area contributed by atoms with Crippen LogP contribution in [0.5, 0.6) is 0 Å². The van der Waals surface area contributed by atoms with Crippen molar-refractivity contribution in [3.05, 3.63) is 30.3 Å². The predicted octanol–water partition coefficient (Wildman–Crippen LogP) is 9.08. The highest BCUT2D eigenvalue weighted by atomic mass is 32.2. The maximum absolute atomic E-state index is 13.7. The summed E-state index contributed by atoms with van der Waals surface area (Å²) in [6.45, 7) is 22.3. The summed E-state index contributed by atoms with van der Waals surface area (Å²) in [5.74, 6) is 2.05. The van der Waals surface area contributed by atoms with Crippen LogP contribution < -0.4 is 0 Å². The Morgan fingerprint density at radius 2 is 1.65 bits per heavy atom. The van der Waals surface area contributed by atoms with Crippen molar-refractivity contribution >= 4 is 26.5 Å². The maximum atomic E-state index is 13.7. The Hall–Kier alpha value is -0.476. The molecule has 0 bridgehead atoms. The highest BCUT2D eigenvalue weighted by Crippen LogP contribution is 2.62. The molecule has 1 aromatic rings. The van der Waals surface area contributed by atoms with Crippen LogP contribution in [-0.4, -0.2) is 41.2 Å². The molecule has 0 aromatic heterocycles. The Bertz CT molecular complexity index is 1070. The molecule has 2 saturated carbocycles. The van der Waals surface area contributed by atoms with E-state index in [1.54, 1.807) is 12.1 Å². The third-order valence-electron chi connectivity index (χ3n) is 10.8. The van der Waals surface area contributed by atoms with E-state index in [0.29, 0.717) is 22.6 Å². The first-order valence-electron chi connectivity index (χ1n) is 15.9. The van der Waals surface area contributed by atoms with Crippen LogP contribution >= 0.6 is 0 Å². The van der Waals surface area contributed by atoms with E-state index >= 15 is 0 Å². The molecular formula is C33H60O4SSi2. The minimum atomic E-state index is -3.37. The molecule has 7 heteroatoms. The Labute approximate surface area is 249 Å². The van der Waals surface area contributed by atoms with Crippen LogP contribution in [0.25, 0.3) is 0 Å². The summed E-state index contributed by atoms with van der Waals surface area (Å²) in [7, 11) is -7.32. The van der Waals surface area contributed by atoms with Crippen LogP contribution in [-0.2, 0) is 14.3 Å². The second kappa shape index (κ2) is 12.3. The van der Waals surface area contributed by atoms with E-state index < -0.39 is 26.5 Å². The van der Waals surface area contributed by atoms with Gasteiger partial charge in [-0.3, -0.25) is 0 Å². The molecule has 3 rings (SSSR count). The van der Waals surface area contributed by atoms with Gasteiger partial charge in [-0.1, -0.05) is 58.2 Å². The topological polar surface area (TPSA) is 63.6 Å². The van der Waals surface area contributed by atoms with Gasteiger partial charge in [-0.2, -0.15) is 0 Å². The Kier molecular flexibility index (Phi) is 10.4. The van der Waals surface area contributed by atoms with E-state index in [0.717, 1.165) is 32.1 Å². The van der Waals surface area contributed by atoms with Crippen molar-refractivity contribution in [1.29, 1.82) is 0 Å². The van der Waals surface area contributed by atoms with Crippen LogP contribution in [0.3, 0.4) is 0 Å². The van der Waals surface area contributed by atoms with Crippen molar-refractivity contribution in [2.45, 2.75) is 141 Å². The molecule has 0 spiro atoms. The summed E-state index contributed by atoms with van der Waals surface area (Å²) in [5, 5.41) is -0.0218. The molecule has 1 aromatic carbocycles. The molecule has 40 heavy (non-hydrogen) atoms. The van der Waals surface area contributed by atoms with Gasteiger partial charge < -0.3 is 9.22 Å². The molecule has 1 N–H and O–H groups in total. The van der Waals surface area contributed by atoms with Crippen LogP contribution in [0.4, 0.5) is 0 Å². The molecule has 4 nitrogen and oxygen atoms in total. The van der Waals surface area contributed by atoms with Gasteiger partial charge in [-0.25, -0.2) is 8.42 Å². The van der Waals surface area contributed by atoms with Crippen molar-refractivity contribution in [1.82, 2.24) is 0 Å². The lowest BCUT2D eigenvalue weighted by atomic mass is 9.58. The minimum Gasteiger partial charge on any atom is -0.432 e. The largest absolute Gasteiger partial charge is 0.432 e. The zero-order valence-corrected chi connectivity index (χ0v) is 30.2. The highest BCUT2D eigenvalue weighted by molar-refractivity contribution is 7.91.